The third-order valence-corrected chi connectivity index (χ3v) is 11.2. The Hall–Kier alpha value is -5.65. The second-order valence-electron chi connectivity index (χ2n) is 14.9. The number of aromatic nitrogens is 2. The first-order valence-electron chi connectivity index (χ1n) is 24.1. The smallest absolute Gasteiger partial charge is 0.411 e. The van der Waals surface area contributed by atoms with Gasteiger partial charge in [-0.3, -0.25) is 30.0 Å². The summed E-state index contributed by atoms with van der Waals surface area (Å²) in [6, 6.07) is 22.7. The zero-order valence-corrected chi connectivity index (χ0v) is 51.4. The third-order valence-electron chi connectivity index (χ3n) is 9.13. The maximum Gasteiger partial charge on any atom is 0.411 e. The van der Waals surface area contributed by atoms with Gasteiger partial charge in [-0.25, -0.2) is 9.59 Å². The number of rotatable bonds is 14. The number of benzene rings is 4. The van der Waals surface area contributed by atoms with Gasteiger partial charge in [0.05, 0.1) is 37.1 Å². The Labute approximate surface area is 515 Å². The first-order chi connectivity index (χ1) is 37.2. The van der Waals surface area contributed by atoms with Gasteiger partial charge in [0.25, 0.3) is 17.5 Å². The molecule has 5 aromatic rings. The number of aliphatic hydroxyl groups is 2. The molecule has 2 heterocycles. The van der Waals surface area contributed by atoms with Gasteiger partial charge in [0.1, 0.15) is 0 Å². The Morgan fingerprint density at radius 3 is 1.67 bits per heavy atom. The van der Waals surface area contributed by atoms with Crippen molar-refractivity contribution in [3.05, 3.63) is 123 Å². The number of carbonyl (C=O) groups is 4. The third kappa shape index (κ3) is 43.7. The molecule has 1 aromatic heterocycles. The van der Waals surface area contributed by atoms with Crippen molar-refractivity contribution in [3.8, 4) is 6.01 Å². The highest BCUT2D eigenvalue weighted by atomic mass is 79.9. The second-order valence-corrected chi connectivity index (χ2v) is 18.9. The molecule has 0 saturated carbocycles. The van der Waals surface area contributed by atoms with Gasteiger partial charge in [0.15, 0.2) is 0 Å². The number of fused-ring (bicyclic) bond motifs is 2. The summed E-state index contributed by atoms with van der Waals surface area (Å²) in [4.78, 5) is 94.2. The quantitative estimate of drug-likeness (QED) is 0.0235. The number of aryl methyl sites for hydroxylation is 2. The lowest BCUT2D eigenvalue weighted by Gasteiger charge is -2.14. The molecule has 0 atom stereocenters. The van der Waals surface area contributed by atoms with E-state index in [0.29, 0.717) is 49.4 Å². The number of nitrogens with zero attached hydrogens (tertiary/aromatic N) is 1. The molecular weight excluding hydrogens is 1340 g/mol. The van der Waals surface area contributed by atoms with Crippen LogP contribution in [0, 0.1) is 0 Å². The van der Waals surface area contributed by atoms with Crippen LogP contribution in [0.1, 0.15) is 129 Å². The van der Waals surface area contributed by atoms with Gasteiger partial charge in [-0.05, 0) is 136 Å². The van der Waals surface area contributed by atoms with Gasteiger partial charge in [-0.2, -0.15) is 24.2 Å². The van der Waals surface area contributed by atoms with E-state index < -0.39 is 11.5 Å². The van der Waals surface area contributed by atoms with Crippen molar-refractivity contribution in [1.82, 2.24) is 15.3 Å². The molecule has 3 amide bonds. The molecular formula is C56H81Br4ClN6O14. The molecule has 20 nitrogen and oxygen atoms in total. The molecule has 0 spiro atoms. The van der Waals surface area contributed by atoms with Gasteiger partial charge >= 0.3 is 23.8 Å². The predicted molar refractivity (Wildman–Crippen MR) is 333 cm³/mol. The number of anilines is 2. The minimum absolute atomic E-state index is 0. The first-order valence-corrected chi connectivity index (χ1v) is 27.7. The van der Waals surface area contributed by atoms with Crippen LogP contribution in [0.25, 0.3) is 10.9 Å². The van der Waals surface area contributed by atoms with Crippen LogP contribution in [0.2, 0.25) is 0 Å². The number of halogens is 5. The minimum atomic E-state index is -0.738. The largest absolute Gasteiger partial charge is 0.465 e. The van der Waals surface area contributed by atoms with Crippen LogP contribution in [-0.2, 0) is 52.7 Å². The summed E-state index contributed by atoms with van der Waals surface area (Å²) in [5.41, 5.74) is 15.9. The number of nitrogens with two attached hydrogens (primary N) is 2. The number of H-pyrrole nitrogens is 1. The number of aliphatic hydroxyl groups excluding tert-OH is 2. The molecule has 1 aliphatic rings. The standard InChI is InChI=1S/C12H13BrN2O2.C11H14BrNO2.C9H6BrNO2.C8H10BrN.C4H11NO.C4H10O.C3H5ClO2.2CO2.3CH4/c1-2-3-6-17-12-14-10-7-8(13)4-5-9(10)11(16)15-12;1-3-8-5-6-9(12)7-10(8)13-11(14)15-4-2;10-6-1-2-7-5(3-6)4-8(12)11-9(7)13;1-2-6-3-4-7(9)5-8(6)10;5-3-1-2-4-6;1-2-3-4-5;1-2-6-3(4)5;2*2-1-3;;;/h4-5,7H,2-3,6H2,1H3,(H,14,15,16);5-7H,3-4H2,1-2H3,(H,13,14);1-3H,4H2,(H,11,12,13);3-5H,2,10H2,1H3;6H,1-5H2;5H,2-4H2,1H3;2H2,1H3;;;3*1H4. The Morgan fingerprint density at radius 1 is 0.704 bits per heavy atom. The van der Waals surface area contributed by atoms with E-state index in [2.05, 4.69) is 110 Å². The van der Waals surface area contributed by atoms with Gasteiger partial charge in [0.2, 0.25) is 5.91 Å². The van der Waals surface area contributed by atoms with E-state index in [1.54, 1.807) is 44.2 Å². The predicted octanol–water partition coefficient (Wildman–Crippen LogP) is 12.9. The second kappa shape index (κ2) is 56.2. The summed E-state index contributed by atoms with van der Waals surface area (Å²) in [7, 11) is 0. The number of amides is 3. The van der Waals surface area contributed by atoms with Gasteiger partial charge in [0, 0.05) is 59.6 Å². The number of imide groups is 1. The molecule has 4 aromatic carbocycles. The molecule has 454 valence electrons. The van der Waals surface area contributed by atoms with Gasteiger partial charge in [-0.1, -0.05) is 139 Å². The van der Waals surface area contributed by atoms with Crippen LogP contribution in [0.4, 0.5) is 21.0 Å². The van der Waals surface area contributed by atoms with E-state index in [9.17, 15) is 24.0 Å². The van der Waals surface area contributed by atoms with Crippen molar-refractivity contribution < 1.29 is 62.8 Å². The van der Waals surface area contributed by atoms with Crippen molar-refractivity contribution in [1.29, 1.82) is 0 Å². The molecule has 0 saturated heterocycles. The summed E-state index contributed by atoms with van der Waals surface area (Å²) in [5, 5.41) is 21.7. The van der Waals surface area contributed by atoms with E-state index in [0.717, 1.165) is 91.8 Å². The number of carbonyl (C=O) groups excluding carboxylic acids is 8. The lowest BCUT2D eigenvalue weighted by atomic mass is 10.0. The van der Waals surface area contributed by atoms with Crippen LogP contribution >= 0.6 is 75.3 Å². The van der Waals surface area contributed by atoms with Crippen molar-refractivity contribution >= 4 is 133 Å². The first kappa shape index (κ1) is 86.6. The van der Waals surface area contributed by atoms with Crippen molar-refractivity contribution in [2.45, 2.75) is 122 Å². The average Bonchev–Trinajstić information content (AvgIpc) is 3.37. The molecule has 6 rings (SSSR count). The van der Waals surface area contributed by atoms with Gasteiger partial charge in [-0.15, -0.1) is 0 Å². The minimum Gasteiger partial charge on any atom is -0.465 e. The molecule has 25 heteroatoms. The number of nitrogen functional groups attached to an aromatic ring is 1. The monoisotopic (exact) mass is 1410 g/mol. The number of nitrogens with one attached hydrogen (secondary N) is 3. The number of hydrogen-bond acceptors (Lipinski definition) is 17. The Bertz CT molecular complexity index is 2640. The highest BCUT2D eigenvalue weighted by Crippen LogP contribution is 2.23. The van der Waals surface area contributed by atoms with Crippen LogP contribution < -0.4 is 32.4 Å². The van der Waals surface area contributed by atoms with E-state index in [1.807, 2.05) is 49.4 Å². The van der Waals surface area contributed by atoms with E-state index in [4.69, 9.17) is 61.9 Å². The van der Waals surface area contributed by atoms with Crippen molar-refractivity contribution in [2.75, 3.05) is 50.6 Å². The molecule has 0 bridgehead atoms. The normalized spacial score (nSPS) is 9.65. The zero-order chi connectivity index (χ0) is 59.8. The van der Waals surface area contributed by atoms with Crippen molar-refractivity contribution in [2.24, 2.45) is 5.73 Å². The van der Waals surface area contributed by atoms with E-state index in [-0.39, 0.29) is 71.0 Å². The van der Waals surface area contributed by atoms with Gasteiger partial charge < -0.3 is 35.9 Å². The fourth-order valence-electron chi connectivity index (χ4n) is 5.48. The highest BCUT2D eigenvalue weighted by Gasteiger charge is 2.21. The van der Waals surface area contributed by atoms with Crippen molar-refractivity contribution in [3.63, 3.8) is 0 Å². The van der Waals surface area contributed by atoms with Crippen LogP contribution in [0.5, 0.6) is 6.01 Å². The maximum atomic E-state index is 11.8. The number of hydrogen-bond donors (Lipinski definition) is 7. The van der Waals surface area contributed by atoms with Crippen LogP contribution in [0.15, 0.2) is 95.5 Å². The summed E-state index contributed by atoms with van der Waals surface area (Å²) < 4.78 is 18.1. The Balaban J connectivity index is -0.000000205. The number of aromatic amines is 1. The summed E-state index contributed by atoms with van der Waals surface area (Å²) in [6.45, 7) is 14.4. The lowest BCUT2D eigenvalue weighted by molar-refractivity contribution is -0.193. The van der Waals surface area contributed by atoms with Crippen LogP contribution in [0.3, 0.4) is 0 Å². The summed E-state index contributed by atoms with van der Waals surface area (Å²) >= 11 is 18.1. The zero-order valence-electron chi connectivity index (χ0n) is 44.3. The number of unbranched alkanes of at least 4 members (excludes halogenated alkanes) is 3. The fourth-order valence-corrected chi connectivity index (χ4v) is 7.09. The SMILES string of the molecule is C.C.C.CCCCO.CCCCOc1nc2cc(Br)ccc2c(=O)[nH]1.CCOC(=O)Cl.CCOC(=O)Nc1cc(Br)ccc1CC.CCc1ccc(Br)cc1N.NCCCCO.O=C1Cc2cc(Br)ccc2C(=O)N1.O=C=O.O=C=O. The lowest BCUT2D eigenvalue weighted by Crippen LogP contribution is -2.37. The Morgan fingerprint density at radius 2 is 1.21 bits per heavy atom. The highest BCUT2D eigenvalue weighted by molar-refractivity contribution is 9.11. The Kier molecular flexibility index (Phi) is 60.1. The van der Waals surface area contributed by atoms with Crippen LogP contribution in [-0.4, -0.2) is 95.4 Å². The van der Waals surface area contributed by atoms with E-state index >= 15 is 0 Å². The number of ether oxygens (including phenoxy) is 3. The molecule has 1 aliphatic heterocycles. The molecule has 0 unspecified atom stereocenters. The molecule has 0 aliphatic carbocycles. The molecule has 0 fully saturated rings. The average molecular weight is 1420 g/mol. The summed E-state index contributed by atoms with van der Waals surface area (Å²) in [5.74, 6) is -0.547. The molecule has 9 N–H and O–H groups in total. The topological polar surface area (TPSA) is 327 Å². The fraction of sp³-hybridized carbons (Fsp3) is 0.429. The van der Waals surface area contributed by atoms with E-state index in [1.165, 1.54) is 5.56 Å². The summed E-state index contributed by atoms with van der Waals surface area (Å²) in [6.07, 6.45) is 8.05. The molecule has 0 radical (unpaired) electrons. The maximum absolute atomic E-state index is 11.8. The molecule has 81 heavy (non-hydrogen) atoms.